The van der Waals surface area contributed by atoms with Crippen molar-refractivity contribution >= 4 is 28.9 Å². The Morgan fingerprint density at radius 1 is 1.07 bits per heavy atom. The molecule has 0 aromatic heterocycles. The van der Waals surface area contributed by atoms with Gasteiger partial charge in [-0.3, -0.25) is 9.69 Å². The fourth-order valence-electron chi connectivity index (χ4n) is 4.15. The maximum atomic E-state index is 11.6. The summed E-state index contributed by atoms with van der Waals surface area (Å²) in [6, 6.07) is 14.2. The van der Waals surface area contributed by atoms with Crippen molar-refractivity contribution < 1.29 is 9.90 Å². The summed E-state index contributed by atoms with van der Waals surface area (Å²) in [6.45, 7) is 5.76. The number of nitrogens with zero attached hydrogens (tertiary/aromatic N) is 2. The number of carbonyl (C=O) groups excluding carboxylic acids is 1. The molecule has 2 heterocycles. The molecule has 148 valence electrons. The largest absolute Gasteiger partial charge is 0.387 e. The standard InChI is InChI=1S/C22H26ClN3O2/c1-15(25-9-11-26(12-10-25)18-5-3-2-4-6-18)22(28)17-13-16-7-8-20(27)24-21(16)19(23)14-17/h2-6,13-15,22,28H,7-12H2,1H3,(H,24,27). The summed E-state index contributed by atoms with van der Waals surface area (Å²) in [5.41, 5.74) is 3.76. The van der Waals surface area contributed by atoms with Gasteiger partial charge in [-0.15, -0.1) is 0 Å². The Labute approximate surface area is 170 Å². The molecule has 1 amide bonds. The van der Waals surface area contributed by atoms with Crippen molar-refractivity contribution in [3.63, 3.8) is 0 Å². The number of piperazine rings is 1. The molecule has 2 aliphatic rings. The van der Waals surface area contributed by atoms with Crippen LogP contribution in [0.1, 0.15) is 30.6 Å². The lowest BCUT2D eigenvalue weighted by molar-refractivity contribution is -0.116. The number of para-hydroxylation sites is 1. The minimum atomic E-state index is -0.622. The van der Waals surface area contributed by atoms with E-state index in [1.54, 1.807) is 6.07 Å². The van der Waals surface area contributed by atoms with E-state index in [0.717, 1.165) is 37.3 Å². The lowest BCUT2D eigenvalue weighted by Gasteiger charge is -2.40. The Balaban J connectivity index is 1.43. The SMILES string of the molecule is CC(C(O)c1cc(Cl)c2c(c1)CCC(=O)N2)N1CCN(c2ccccc2)CC1. The molecule has 0 radical (unpaired) electrons. The van der Waals surface area contributed by atoms with Crippen LogP contribution in [0.5, 0.6) is 0 Å². The van der Waals surface area contributed by atoms with E-state index in [4.69, 9.17) is 11.6 Å². The van der Waals surface area contributed by atoms with Crippen LogP contribution in [0, 0.1) is 0 Å². The summed E-state index contributed by atoms with van der Waals surface area (Å²) in [6.07, 6.45) is 0.495. The van der Waals surface area contributed by atoms with Crippen LogP contribution in [0.2, 0.25) is 5.02 Å². The summed E-state index contributed by atoms with van der Waals surface area (Å²) in [5, 5.41) is 14.3. The molecular formula is C22H26ClN3O2. The second-order valence-electron chi connectivity index (χ2n) is 7.63. The second kappa shape index (κ2) is 8.11. The van der Waals surface area contributed by atoms with Crippen LogP contribution in [-0.2, 0) is 11.2 Å². The monoisotopic (exact) mass is 399 g/mol. The summed E-state index contributed by atoms with van der Waals surface area (Å²) in [4.78, 5) is 16.3. The van der Waals surface area contributed by atoms with E-state index in [9.17, 15) is 9.90 Å². The molecule has 0 bridgehead atoms. The molecule has 2 N–H and O–H groups in total. The normalized spacial score (nSPS) is 19.7. The fourth-order valence-corrected chi connectivity index (χ4v) is 4.44. The quantitative estimate of drug-likeness (QED) is 0.826. The average molecular weight is 400 g/mol. The van der Waals surface area contributed by atoms with E-state index in [1.165, 1.54) is 5.69 Å². The Hall–Kier alpha value is -2.08. The van der Waals surface area contributed by atoms with Crippen molar-refractivity contribution in [1.29, 1.82) is 0 Å². The van der Waals surface area contributed by atoms with Crippen LogP contribution in [0.4, 0.5) is 11.4 Å². The number of carbonyl (C=O) groups is 1. The van der Waals surface area contributed by atoms with Crippen LogP contribution in [0.15, 0.2) is 42.5 Å². The minimum Gasteiger partial charge on any atom is -0.387 e. The molecule has 2 atom stereocenters. The lowest BCUT2D eigenvalue weighted by atomic mass is 9.95. The highest BCUT2D eigenvalue weighted by atomic mass is 35.5. The van der Waals surface area contributed by atoms with E-state index in [0.29, 0.717) is 23.6 Å². The summed E-state index contributed by atoms with van der Waals surface area (Å²) in [5.74, 6) is -0.00708. The van der Waals surface area contributed by atoms with Gasteiger partial charge in [-0.25, -0.2) is 0 Å². The molecule has 4 rings (SSSR count). The van der Waals surface area contributed by atoms with Crippen molar-refractivity contribution in [2.75, 3.05) is 36.4 Å². The zero-order valence-corrected chi connectivity index (χ0v) is 16.8. The molecule has 2 aliphatic heterocycles. The molecule has 2 unspecified atom stereocenters. The molecule has 5 nitrogen and oxygen atoms in total. The number of hydrogen-bond acceptors (Lipinski definition) is 4. The van der Waals surface area contributed by atoms with Gasteiger partial charge in [-0.05, 0) is 42.7 Å². The molecule has 28 heavy (non-hydrogen) atoms. The third-order valence-electron chi connectivity index (χ3n) is 5.89. The molecule has 0 spiro atoms. The average Bonchev–Trinajstić information content (AvgIpc) is 2.74. The molecule has 2 aromatic carbocycles. The number of benzene rings is 2. The number of aliphatic hydroxyl groups is 1. The third kappa shape index (κ3) is 3.88. The van der Waals surface area contributed by atoms with Crippen molar-refractivity contribution in [3.05, 3.63) is 58.6 Å². The third-order valence-corrected chi connectivity index (χ3v) is 6.19. The van der Waals surface area contributed by atoms with Gasteiger partial charge >= 0.3 is 0 Å². The minimum absolute atomic E-state index is 0.00708. The van der Waals surface area contributed by atoms with E-state index < -0.39 is 6.10 Å². The maximum Gasteiger partial charge on any atom is 0.224 e. The first kappa shape index (κ1) is 19.2. The van der Waals surface area contributed by atoms with Crippen molar-refractivity contribution in [1.82, 2.24) is 4.90 Å². The van der Waals surface area contributed by atoms with E-state index in [1.807, 2.05) is 12.1 Å². The van der Waals surface area contributed by atoms with E-state index in [-0.39, 0.29) is 11.9 Å². The highest BCUT2D eigenvalue weighted by Crippen LogP contribution is 2.35. The van der Waals surface area contributed by atoms with Crippen LogP contribution in [0.3, 0.4) is 0 Å². The zero-order valence-electron chi connectivity index (χ0n) is 16.1. The lowest BCUT2D eigenvalue weighted by Crippen LogP contribution is -2.51. The number of rotatable bonds is 4. The van der Waals surface area contributed by atoms with Gasteiger partial charge in [-0.1, -0.05) is 35.9 Å². The highest BCUT2D eigenvalue weighted by molar-refractivity contribution is 6.34. The Bertz CT molecular complexity index is 850. The summed E-state index contributed by atoms with van der Waals surface area (Å²) in [7, 11) is 0. The first-order chi connectivity index (χ1) is 13.5. The molecular weight excluding hydrogens is 374 g/mol. The maximum absolute atomic E-state index is 11.6. The van der Waals surface area contributed by atoms with E-state index >= 15 is 0 Å². The van der Waals surface area contributed by atoms with Gasteiger partial charge in [0.2, 0.25) is 5.91 Å². The van der Waals surface area contributed by atoms with Crippen molar-refractivity contribution in [2.45, 2.75) is 31.9 Å². The zero-order chi connectivity index (χ0) is 19.7. The molecule has 6 heteroatoms. The topological polar surface area (TPSA) is 55.8 Å². The fraction of sp³-hybridized carbons (Fsp3) is 0.409. The molecule has 1 saturated heterocycles. The van der Waals surface area contributed by atoms with Crippen LogP contribution < -0.4 is 10.2 Å². The molecule has 0 saturated carbocycles. The number of aliphatic hydroxyl groups excluding tert-OH is 1. The van der Waals surface area contributed by atoms with Crippen LogP contribution in [-0.4, -0.2) is 48.1 Å². The molecule has 2 aromatic rings. The Morgan fingerprint density at radius 3 is 2.50 bits per heavy atom. The van der Waals surface area contributed by atoms with Gasteiger partial charge in [0.1, 0.15) is 0 Å². The summed E-state index contributed by atoms with van der Waals surface area (Å²) >= 11 is 6.39. The smallest absolute Gasteiger partial charge is 0.224 e. The van der Waals surface area contributed by atoms with Gasteiger partial charge in [0.05, 0.1) is 16.8 Å². The van der Waals surface area contributed by atoms with Gasteiger partial charge in [-0.2, -0.15) is 0 Å². The number of fused-ring (bicyclic) bond motifs is 1. The van der Waals surface area contributed by atoms with Crippen LogP contribution >= 0.6 is 11.6 Å². The Kier molecular flexibility index (Phi) is 5.58. The number of hydrogen-bond donors (Lipinski definition) is 2. The van der Waals surface area contributed by atoms with Gasteiger partial charge in [0.15, 0.2) is 0 Å². The van der Waals surface area contributed by atoms with Crippen molar-refractivity contribution in [3.8, 4) is 0 Å². The summed E-state index contributed by atoms with van der Waals surface area (Å²) < 4.78 is 0. The number of amides is 1. The Morgan fingerprint density at radius 2 is 1.79 bits per heavy atom. The number of aryl methyl sites for hydroxylation is 1. The number of nitrogens with one attached hydrogen (secondary N) is 1. The van der Waals surface area contributed by atoms with Crippen LogP contribution in [0.25, 0.3) is 0 Å². The van der Waals surface area contributed by atoms with Crippen molar-refractivity contribution in [2.24, 2.45) is 0 Å². The molecule has 0 aliphatic carbocycles. The predicted octanol–water partition coefficient (Wildman–Crippen LogP) is 3.47. The number of anilines is 2. The van der Waals surface area contributed by atoms with E-state index in [2.05, 4.69) is 46.3 Å². The highest BCUT2D eigenvalue weighted by Gasteiger charge is 2.28. The first-order valence-corrected chi connectivity index (χ1v) is 10.2. The predicted molar refractivity (Wildman–Crippen MR) is 113 cm³/mol. The first-order valence-electron chi connectivity index (χ1n) is 9.87. The number of halogens is 1. The van der Waals surface area contributed by atoms with Gasteiger partial charge in [0.25, 0.3) is 0 Å². The van der Waals surface area contributed by atoms with Gasteiger partial charge < -0.3 is 15.3 Å². The molecule has 1 fully saturated rings. The van der Waals surface area contributed by atoms with Gasteiger partial charge in [0, 0.05) is 44.3 Å². The second-order valence-corrected chi connectivity index (χ2v) is 8.04.